The van der Waals surface area contributed by atoms with Crippen LogP contribution < -0.4 is 0 Å². The second kappa shape index (κ2) is 14.7. The first kappa shape index (κ1) is 23.4. The molecule has 0 bridgehead atoms. The van der Waals surface area contributed by atoms with Gasteiger partial charge in [0.05, 0.1) is 13.2 Å². The molecule has 7 heteroatoms. The maximum atomic E-state index is 11.9. The van der Waals surface area contributed by atoms with Crippen LogP contribution >= 0.6 is 0 Å². The van der Waals surface area contributed by atoms with Gasteiger partial charge in [0, 0.05) is 6.42 Å². The average Bonchev–Trinajstić information content (AvgIpc) is 2.58. The maximum absolute atomic E-state index is 11.9. The highest BCUT2D eigenvalue weighted by Crippen LogP contribution is 2.11. The van der Waals surface area contributed by atoms with Gasteiger partial charge >= 0.3 is 17.9 Å². The molecule has 25 heavy (non-hydrogen) atoms. The fourth-order valence-corrected chi connectivity index (χ4v) is 2.24. The normalized spacial score (nSPS) is 13.0. The Labute approximate surface area is 150 Å². The van der Waals surface area contributed by atoms with Crippen molar-refractivity contribution in [3.63, 3.8) is 0 Å². The summed E-state index contributed by atoms with van der Waals surface area (Å²) in [5.41, 5.74) is 0. The smallest absolute Gasteiger partial charge is 0.350 e. The molecule has 0 saturated carbocycles. The topological polar surface area (TPSA) is 99.1 Å². The van der Waals surface area contributed by atoms with Crippen LogP contribution in [0.3, 0.4) is 0 Å². The molecule has 0 aliphatic carbocycles. The third-order valence-corrected chi connectivity index (χ3v) is 3.58. The average molecular weight is 360 g/mol. The number of ether oxygens (including phenoxy) is 3. The Hall–Kier alpha value is -1.63. The molecular formula is C18H32O7. The van der Waals surface area contributed by atoms with E-state index in [4.69, 9.17) is 9.47 Å². The van der Waals surface area contributed by atoms with Gasteiger partial charge in [-0.15, -0.1) is 0 Å². The summed E-state index contributed by atoms with van der Waals surface area (Å²) in [6, 6.07) is 0. The molecule has 0 aromatic heterocycles. The van der Waals surface area contributed by atoms with Crippen LogP contribution in [0.4, 0.5) is 0 Å². The number of hydrogen-bond acceptors (Lipinski definition) is 7. The molecule has 0 heterocycles. The van der Waals surface area contributed by atoms with Gasteiger partial charge in [-0.1, -0.05) is 45.4 Å². The third kappa shape index (κ3) is 10.8. The Morgan fingerprint density at radius 1 is 0.800 bits per heavy atom. The number of aliphatic hydroxyl groups is 1. The number of carbonyl (C=O) groups excluding carboxylic acids is 3. The van der Waals surface area contributed by atoms with E-state index in [0.29, 0.717) is 6.42 Å². The zero-order valence-corrected chi connectivity index (χ0v) is 15.6. The Kier molecular flexibility index (Phi) is 13.7. The Balaban J connectivity index is 4.37. The molecule has 0 aromatic carbocycles. The van der Waals surface area contributed by atoms with E-state index in [2.05, 4.69) is 11.7 Å². The molecule has 0 amide bonds. The van der Waals surface area contributed by atoms with E-state index in [1.807, 2.05) is 0 Å². The van der Waals surface area contributed by atoms with Crippen LogP contribution in [0, 0.1) is 0 Å². The second-order valence-corrected chi connectivity index (χ2v) is 5.73. The summed E-state index contributed by atoms with van der Waals surface area (Å²) in [4.78, 5) is 35.3. The zero-order chi connectivity index (χ0) is 19.1. The van der Waals surface area contributed by atoms with E-state index in [1.165, 1.54) is 19.3 Å². The standard InChI is InChI=1S/C18H32O7/c1-4-7-8-9-10-11-12-13-14(19)25-16(18(22)24-6-3)15(20)17(21)23-5-2/h15-16,20H,4-13H2,1-3H3/t15-,16-/m1/s1. The Bertz CT molecular complexity index is 395. The van der Waals surface area contributed by atoms with Crippen LogP contribution in [0.5, 0.6) is 0 Å². The van der Waals surface area contributed by atoms with Crippen LogP contribution in [-0.4, -0.2) is 48.4 Å². The van der Waals surface area contributed by atoms with Crippen molar-refractivity contribution in [2.24, 2.45) is 0 Å². The molecule has 0 aliphatic rings. The van der Waals surface area contributed by atoms with E-state index in [9.17, 15) is 19.5 Å². The van der Waals surface area contributed by atoms with Crippen molar-refractivity contribution in [1.29, 1.82) is 0 Å². The molecular weight excluding hydrogens is 328 g/mol. The van der Waals surface area contributed by atoms with Gasteiger partial charge < -0.3 is 19.3 Å². The highest BCUT2D eigenvalue weighted by molar-refractivity contribution is 5.87. The number of rotatable bonds is 14. The first-order chi connectivity index (χ1) is 12.0. The molecule has 7 nitrogen and oxygen atoms in total. The SMILES string of the molecule is CCCCCCCCCC(=O)O[C@@H](C(=O)OCC)[C@@H](O)C(=O)OCC. The van der Waals surface area contributed by atoms with Gasteiger partial charge in [0.2, 0.25) is 6.10 Å². The van der Waals surface area contributed by atoms with Crippen LogP contribution in [0.1, 0.15) is 72.1 Å². The monoisotopic (exact) mass is 360 g/mol. The van der Waals surface area contributed by atoms with Crippen LogP contribution in [0.2, 0.25) is 0 Å². The van der Waals surface area contributed by atoms with Crippen molar-refractivity contribution < 1.29 is 33.7 Å². The van der Waals surface area contributed by atoms with Gasteiger partial charge in [0.25, 0.3) is 0 Å². The van der Waals surface area contributed by atoms with E-state index < -0.39 is 30.1 Å². The minimum Gasteiger partial charge on any atom is -0.464 e. The second-order valence-electron chi connectivity index (χ2n) is 5.73. The van der Waals surface area contributed by atoms with Crippen LogP contribution in [-0.2, 0) is 28.6 Å². The summed E-state index contributed by atoms with van der Waals surface area (Å²) in [5, 5.41) is 9.89. The van der Waals surface area contributed by atoms with Crippen molar-refractivity contribution >= 4 is 17.9 Å². The lowest BCUT2D eigenvalue weighted by molar-refractivity contribution is -0.183. The van der Waals surface area contributed by atoms with E-state index in [-0.39, 0.29) is 19.6 Å². The Morgan fingerprint density at radius 3 is 1.88 bits per heavy atom. The van der Waals surface area contributed by atoms with Crippen molar-refractivity contribution in [1.82, 2.24) is 0 Å². The molecule has 0 spiro atoms. The number of hydrogen-bond donors (Lipinski definition) is 1. The summed E-state index contributed by atoms with van der Waals surface area (Å²) < 4.78 is 14.4. The van der Waals surface area contributed by atoms with Crippen molar-refractivity contribution in [3.8, 4) is 0 Å². The molecule has 0 radical (unpaired) electrons. The first-order valence-electron chi connectivity index (χ1n) is 9.18. The summed E-state index contributed by atoms with van der Waals surface area (Å²) in [5.74, 6) is -2.63. The van der Waals surface area contributed by atoms with Gasteiger partial charge in [0.15, 0.2) is 6.10 Å². The molecule has 0 aliphatic heterocycles. The zero-order valence-electron chi connectivity index (χ0n) is 15.6. The molecule has 1 N–H and O–H groups in total. The van der Waals surface area contributed by atoms with E-state index >= 15 is 0 Å². The van der Waals surface area contributed by atoms with Gasteiger partial charge in [-0.3, -0.25) is 4.79 Å². The van der Waals surface area contributed by atoms with E-state index in [1.54, 1.807) is 13.8 Å². The quantitative estimate of drug-likeness (QED) is 0.289. The molecule has 0 unspecified atom stereocenters. The molecule has 0 fully saturated rings. The third-order valence-electron chi connectivity index (χ3n) is 3.58. The number of aliphatic hydroxyl groups excluding tert-OH is 1. The van der Waals surface area contributed by atoms with Crippen molar-refractivity contribution in [2.45, 2.75) is 84.3 Å². The van der Waals surface area contributed by atoms with Crippen LogP contribution in [0.25, 0.3) is 0 Å². The fraction of sp³-hybridized carbons (Fsp3) is 0.833. The van der Waals surface area contributed by atoms with Gasteiger partial charge in [-0.2, -0.15) is 0 Å². The maximum Gasteiger partial charge on any atom is 0.350 e. The van der Waals surface area contributed by atoms with Gasteiger partial charge in [-0.05, 0) is 20.3 Å². The fourth-order valence-electron chi connectivity index (χ4n) is 2.24. The highest BCUT2D eigenvalue weighted by Gasteiger charge is 2.37. The van der Waals surface area contributed by atoms with Crippen LogP contribution in [0.15, 0.2) is 0 Å². The predicted molar refractivity (Wildman–Crippen MR) is 91.8 cm³/mol. The number of carbonyl (C=O) groups is 3. The largest absolute Gasteiger partial charge is 0.464 e. The summed E-state index contributed by atoms with van der Waals surface area (Å²) in [6.45, 7) is 5.38. The molecule has 146 valence electrons. The van der Waals surface area contributed by atoms with Crippen molar-refractivity contribution in [3.05, 3.63) is 0 Å². The summed E-state index contributed by atoms with van der Waals surface area (Å²) >= 11 is 0. The minimum absolute atomic E-state index is 0.0391. The highest BCUT2D eigenvalue weighted by atomic mass is 16.6. The van der Waals surface area contributed by atoms with Crippen molar-refractivity contribution in [2.75, 3.05) is 13.2 Å². The molecule has 2 atom stereocenters. The molecule has 0 saturated heterocycles. The van der Waals surface area contributed by atoms with Gasteiger partial charge in [0.1, 0.15) is 0 Å². The lowest BCUT2D eigenvalue weighted by atomic mass is 10.1. The minimum atomic E-state index is -1.89. The van der Waals surface area contributed by atoms with E-state index in [0.717, 1.165) is 19.3 Å². The molecule has 0 aromatic rings. The Morgan fingerprint density at radius 2 is 1.32 bits per heavy atom. The van der Waals surface area contributed by atoms with Gasteiger partial charge in [-0.25, -0.2) is 9.59 Å². The number of unbranched alkanes of at least 4 members (excludes halogenated alkanes) is 6. The number of esters is 3. The lowest BCUT2D eigenvalue weighted by Crippen LogP contribution is -2.44. The summed E-state index contributed by atoms with van der Waals surface area (Å²) in [7, 11) is 0. The lowest BCUT2D eigenvalue weighted by Gasteiger charge is -2.20. The summed E-state index contributed by atoms with van der Waals surface area (Å²) in [6.07, 6.45) is 3.83. The predicted octanol–water partition coefficient (Wildman–Crippen LogP) is 2.53. The first-order valence-corrected chi connectivity index (χ1v) is 9.18. The molecule has 0 rings (SSSR count).